The summed E-state index contributed by atoms with van der Waals surface area (Å²) in [5, 5.41) is 9.75. The van der Waals surface area contributed by atoms with Crippen molar-refractivity contribution in [3.05, 3.63) is 34.6 Å². The molecule has 0 saturated carbocycles. The Balaban J connectivity index is 1.74. The SMILES string of the molecule is Cc1nc2scc(C)n2c1CNCc1ncn(C)n1. The molecule has 3 aromatic heterocycles. The van der Waals surface area contributed by atoms with Gasteiger partial charge >= 0.3 is 0 Å². The van der Waals surface area contributed by atoms with Crippen molar-refractivity contribution in [2.75, 3.05) is 0 Å². The van der Waals surface area contributed by atoms with Gasteiger partial charge in [0.15, 0.2) is 10.8 Å². The van der Waals surface area contributed by atoms with E-state index in [1.807, 2.05) is 7.05 Å². The molecule has 100 valence electrons. The molecule has 6 nitrogen and oxygen atoms in total. The lowest BCUT2D eigenvalue weighted by molar-refractivity contribution is 0.635. The zero-order valence-corrected chi connectivity index (χ0v) is 12.0. The van der Waals surface area contributed by atoms with E-state index in [0.717, 1.165) is 23.0 Å². The van der Waals surface area contributed by atoms with Gasteiger partial charge in [0.25, 0.3) is 0 Å². The summed E-state index contributed by atoms with van der Waals surface area (Å²) in [4.78, 5) is 9.82. The highest BCUT2D eigenvalue weighted by Gasteiger charge is 2.11. The second kappa shape index (κ2) is 4.75. The quantitative estimate of drug-likeness (QED) is 0.783. The molecule has 0 aliphatic rings. The first-order valence-electron chi connectivity index (χ1n) is 6.12. The van der Waals surface area contributed by atoms with Crippen LogP contribution >= 0.6 is 11.3 Å². The van der Waals surface area contributed by atoms with Crippen molar-refractivity contribution in [2.45, 2.75) is 26.9 Å². The van der Waals surface area contributed by atoms with E-state index in [1.54, 1.807) is 22.3 Å². The Morgan fingerprint density at radius 1 is 1.32 bits per heavy atom. The molecule has 0 fully saturated rings. The maximum Gasteiger partial charge on any atom is 0.194 e. The fraction of sp³-hybridized carbons (Fsp3) is 0.417. The Bertz CT molecular complexity index is 707. The highest BCUT2D eigenvalue weighted by atomic mass is 32.1. The number of nitrogens with one attached hydrogen (secondary N) is 1. The maximum absolute atomic E-state index is 4.57. The average molecular weight is 276 g/mol. The standard InChI is InChI=1S/C12H16N6S/c1-8-6-19-12-15-9(2)10(18(8)12)4-13-5-11-14-7-17(3)16-11/h6-7,13H,4-5H2,1-3H3. The lowest BCUT2D eigenvalue weighted by Gasteiger charge is -2.04. The molecule has 1 N–H and O–H groups in total. The summed E-state index contributed by atoms with van der Waals surface area (Å²) in [7, 11) is 1.87. The van der Waals surface area contributed by atoms with Gasteiger partial charge in [-0.05, 0) is 13.8 Å². The fourth-order valence-electron chi connectivity index (χ4n) is 2.13. The van der Waals surface area contributed by atoms with E-state index in [9.17, 15) is 0 Å². The average Bonchev–Trinajstić information content (AvgIpc) is 3.01. The van der Waals surface area contributed by atoms with Crippen LogP contribution in [-0.4, -0.2) is 24.1 Å². The molecule has 0 atom stereocenters. The minimum Gasteiger partial charge on any atom is -0.304 e. The molecule has 0 radical (unpaired) electrons. The predicted molar refractivity (Wildman–Crippen MR) is 74.1 cm³/mol. The lowest BCUT2D eigenvalue weighted by Crippen LogP contribution is -2.16. The van der Waals surface area contributed by atoms with Gasteiger partial charge in [0.2, 0.25) is 0 Å². The van der Waals surface area contributed by atoms with Gasteiger partial charge in [0.05, 0.1) is 17.9 Å². The fourth-order valence-corrected chi connectivity index (χ4v) is 3.06. The summed E-state index contributed by atoms with van der Waals surface area (Å²) in [5.41, 5.74) is 3.52. The highest BCUT2D eigenvalue weighted by molar-refractivity contribution is 7.15. The van der Waals surface area contributed by atoms with Crippen molar-refractivity contribution >= 4 is 16.3 Å². The van der Waals surface area contributed by atoms with Crippen LogP contribution in [0.3, 0.4) is 0 Å². The van der Waals surface area contributed by atoms with E-state index in [1.165, 1.54) is 11.4 Å². The molecule has 0 aromatic carbocycles. The van der Waals surface area contributed by atoms with Gasteiger partial charge in [-0.1, -0.05) is 0 Å². The Labute approximate surface area is 115 Å². The van der Waals surface area contributed by atoms with E-state index < -0.39 is 0 Å². The van der Waals surface area contributed by atoms with Crippen LogP contribution in [0.1, 0.15) is 22.9 Å². The molecule has 0 aliphatic heterocycles. The molecular formula is C12H16N6S. The second-order valence-corrected chi connectivity index (χ2v) is 5.41. The molecule has 3 aromatic rings. The molecule has 0 aliphatic carbocycles. The third-order valence-corrected chi connectivity index (χ3v) is 4.00. The van der Waals surface area contributed by atoms with Gasteiger partial charge in [-0.25, -0.2) is 9.97 Å². The van der Waals surface area contributed by atoms with Crippen LogP contribution in [0.5, 0.6) is 0 Å². The van der Waals surface area contributed by atoms with Crippen molar-refractivity contribution in [2.24, 2.45) is 7.05 Å². The predicted octanol–water partition coefficient (Wildman–Crippen LogP) is 1.43. The number of aromatic nitrogens is 5. The van der Waals surface area contributed by atoms with E-state index in [4.69, 9.17) is 0 Å². The molecule has 0 spiro atoms. The summed E-state index contributed by atoms with van der Waals surface area (Å²) in [6, 6.07) is 0. The van der Waals surface area contributed by atoms with Crippen LogP contribution in [0.2, 0.25) is 0 Å². The molecule has 0 saturated heterocycles. The van der Waals surface area contributed by atoms with Crippen molar-refractivity contribution in [1.82, 2.24) is 29.5 Å². The third-order valence-electron chi connectivity index (χ3n) is 3.05. The first-order valence-corrected chi connectivity index (χ1v) is 7.00. The number of thiazole rings is 1. The Hall–Kier alpha value is -1.73. The molecular weight excluding hydrogens is 260 g/mol. The summed E-state index contributed by atoms with van der Waals surface area (Å²) < 4.78 is 3.92. The van der Waals surface area contributed by atoms with E-state index in [2.05, 4.69) is 44.0 Å². The number of fused-ring (bicyclic) bond motifs is 1. The molecule has 0 amide bonds. The minimum absolute atomic E-state index is 0.663. The number of hydrogen-bond donors (Lipinski definition) is 1. The van der Waals surface area contributed by atoms with Crippen LogP contribution in [0, 0.1) is 13.8 Å². The first kappa shape index (κ1) is 12.3. The number of imidazole rings is 1. The van der Waals surface area contributed by atoms with Crippen molar-refractivity contribution in [3.8, 4) is 0 Å². The lowest BCUT2D eigenvalue weighted by atomic mass is 10.3. The molecule has 0 unspecified atom stereocenters. The first-order chi connectivity index (χ1) is 9.15. The van der Waals surface area contributed by atoms with E-state index in [-0.39, 0.29) is 0 Å². The van der Waals surface area contributed by atoms with Gasteiger partial charge in [-0.15, -0.1) is 11.3 Å². The van der Waals surface area contributed by atoms with Gasteiger partial charge in [-0.3, -0.25) is 9.08 Å². The van der Waals surface area contributed by atoms with Gasteiger partial charge in [0, 0.05) is 24.7 Å². The number of nitrogens with zero attached hydrogens (tertiary/aromatic N) is 5. The molecule has 3 rings (SSSR count). The highest BCUT2D eigenvalue weighted by Crippen LogP contribution is 2.20. The van der Waals surface area contributed by atoms with Crippen LogP contribution in [0.25, 0.3) is 4.96 Å². The minimum atomic E-state index is 0.663. The van der Waals surface area contributed by atoms with Crippen LogP contribution in [-0.2, 0) is 20.1 Å². The summed E-state index contributed by atoms with van der Waals surface area (Å²) in [6.45, 7) is 5.59. The second-order valence-electron chi connectivity index (χ2n) is 4.58. The van der Waals surface area contributed by atoms with Gasteiger partial charge < -0.3 is 5.32 Å². The Morgan fingerprint density at radius 2 is 2.16 bits per heavy atom. The zero-order chi connectivity index (χ0) is 13.4. The number of aryl methyl sites for hydroxylation is 3. The molecule has 19 heavy (non-hydrogen) atoms. The normalized spacial score (nSPS) is 11.5. The Morgan fingerprint density at radius 3 is 2.89 bits per heavy atom. The third kappa shape index (κ3) is 2.26. The maximum atomic E-state index is 4.57. The summed E-state index contributed by atoms with van der Waals surface area (Å²) in [6.07, 6.45) is 1.71. The van der Waals surface area contributed by atoms with Crippen molar-refractivity contribution in [1.29, 1.82) is 0 Å². The smallest absolute Gasteiger partial charge is 0.194 e. The van der Waals surface area contributed by atoms with Gasteiger partial charge in [0.1, 0.15) is 6.33 Å². The van der Waals surface area contributed by atoms with Crippen LogP contribution in [0.4, 0.5) is 0 Å². The molecule has 3 heterocycles. The zero-order valence-electron chi connectivity index (χ0n) is 11.2. The summed E-state index contributed by atoms with van der Waals surface area (Å²) >= 11 is 1.68. The van der Waals surface area contributed by atoms with Crippen molar-refractivity contribution in [3.63, 3.8) is 0 Å². The Kier molecular flexibility index (Phi) is 3.08. The van der Waals surface area contributed by atoms with Crippen LogP contribution in [0.15, 0.2) is 11.7 Å². The molecule has 7 heteroatoms. The molecule has 0 bridgehead atoms. The van der Waals surface area contributed by atoms with Gasteiger partial charge in [-0.2, -0.15) is 5.10 Å². The van der Waals surface area contributed by atoms with Crippen molar-refractivity contribution < 1.29 is 0 Å². The topological polar surface area (TPSA) is 60.0 Å². The largest absolute Gasteiger partial charge is 0.304 e. The van der Waals surface area contributed by atoms with Crippen LogP contribution < -0.4 is 5.32 Å². The van der Waals surface area contributed by atoms with E-state index in [0.29, 0.717) is 6.54 Å². The number of hydrogen-bond acceptors (Lipinski definition) is 5. The monoisotopic (exact) mass is 276 g/mol. The summed E-state index contributed by atoms with van der Waals surface area (Å²) in [5.74, 6) is 0.808. The van der Waals surface area contributed by atoms with E-state index >= 15 is 0 Å². The number of rotatable bonds is 4.